The fraction of sp³-hybridized carbons (Fsp3) is 0.300. The minimum absolute atomic E-state index is 0.00367. The topological polar surface area (TPSA) is 86.8 Å². The Morgan fingerprint density at radius 2 is 1.66 bits per heavy atom. The van der Waals surface area contributed by atoms with Gasteiger partial charge in [0, 0.05) is 20.6 Å². The minimum atomic E-state index is -3.59. The summed E-state index contributed by atoms with van der Waals surface area (Å²) < 4.78 is 37.7. The summed E-state index contributed by atoms with van der Waals surface area (Å²) in [6, 6.07) is 13.3. The van der Waals surface area contributed by atoms with E-state index in [4.69, 9.17) is 0 Å². The van der Waals surface area contributed by atoms with Crippen LogP contribution in [0.25, 0.3) is 0 Å². The second kappa shape index (κ2) is 9.62. The molecule has 0 aromatic heterocycles. The van der Waals surface area contributed by atoms with Gasteiger partial charge in [-0.15, -0.1) is 0 Å². The second-order valence-corrected chi connectivity index (χ2v) is 8.68. The van der Waals surface area contributed by atoms with Gasteiger partial charge in [0.25, 0.3) is 0 Å². The monoisotopic (exact) mass is 421 g/mol. The predicted octanol–water partition coefficient (Wildman–Crippen LogP) is 1.53. The molecule has 0 aliphatic carbocycles. The van der Waals surface area contributed by atoms with Crippen LogP contribution in [0.1, 0.15) is 17.2 Å². The molecule has 1 N–H and O–H groups in total. The third-order valence-corrected chi connectivity index (χ3v) is 5.69. The number of sulfonamides is 1. The molecule has 2 aromatic carbocycles. The highest BCUT2D eigenvalue weighted by Crippen LogP contribution is 2.24. The van der Waals surface area contributed by atoms with Crippen molar-refractivity contribution in [3.05, 3.63) is 71.5 Å². The summed E-state index contributed by atoms with van der Waals surface area (Å²) >= 11 is 0. The maximum absolute atomic E-state index is 13.3. The summed E-state index contributed by atoms with van der Waals surface area (Å²) in [6.07, 6.45) is 0.998. The molecule has 156 valence electrons. The van der Waals surface area contributed by atoms with Crippen LogP contribution < -0.4 is 5.32 Å². The fourth-order valence-electron chi connectivity index (χ4n) is 2.75. The van der Waals surface area contributed by atoms with E-state index in [0.717, 1.165) is 10.6 Å². The maximum atomic E-state index is 13.3. The van der Waals surface area contributed by atoms with Crippen molar-refractivity contribution in [3.63, 3.8) is 0 Å². The Labute approximate surface area is 170 Å². The van der Waals surface area contributed by atoms with Crippen molar-refractivity contribution in [2.75, 3.05) is 26.9 Å². The van der Waals surface area contributed by atoms with Crippen molar-refractivity contribution in [1.82, 2.24) is 14.5 Å². The Bertz CT molecular complexity index is 949. The molecule has 0 bridgehead atoms. The van der Waals surface area contributed by atoms with Crippen LogP contribution >= 0.6 is 0 Å². The molecule has 9 heteroatoms. The Balaban J connectivity index is 2.46. The first-order valence-corrected chi connectivity index (χ1v) is 10.7. The SMILES string of the molecule is CNC(=O)C(c1ccccc1)N(Cc1ccc(F)cc1)C(=O)CN(C)S(C)(=O)=O. The third-order valence-electron chi connectivity index (χ3n) is 4.43. The molecule has 0 heterocycles. The van der Waals surface area contributed by atoms with E-state index in [0.29, 0.717) is 11.1 Å². The molecule has 2 amide bonds. The van der Waals surface area contributed by atoms with Crippen molar-refractivity contribution < 1.29 is 22.4 Å². The number of nitrogens with one attached hydrogen (secondary N) is 1. The molecule has 0 saturated carbocycles. The summed E-state index contributed by atoms with van der Waals surface area (Å²) in [7, 11) is -0.838. The number of hydrogen-bond acceptors (Lipinski definition) is 4. The Morgan fingerprint density at radius 1 is 1.07 bits per heavy atom. The van der Waals surface area contributed by atoms with E-state index < -0.39 is 40.2 Å². The number of hydrogen-bond donors (Lipinski definition) is 1. The zero-order valence-electron chi connectivity index (χ0n) is 16.5. The Morgan fingerprint density at radius 3 is 2.17 bits per heavy atom. The van der Waals surface area contributed by atoms with Crippen LogP contribution in [0.4, 0.5) is 4.39 Å². The van der Waals surface area contributed by atoms with E-state index >= 15 is 0 Å². The number of carbonyl (C=O) groups is 2. The summed E-state index contributed by atoms with van der Waals surface area (Å²) in [4.78, 5) is 27.1. The molecule has 0 spiro atoms. The average molecular weight is 421 g/mol. The number of amides is 2. The Hall–Kier alpha value is -2.78. The van der Waals surface area contributed by atoms with Crippen LogP contribution in [0.2, 0.25) is 0 Å². The molecule has 29 heavy (non-hydrogen) atoms. The van der Waals surface area contributed by atoms with E-state index in [-0.39, 0.29) is 6.54 Å². The summed E-state index contributed by atoms with van der Waals surface area (Å²) in [5.41, 5.74) is 1.18. The van der Waals surface area contributed by atoms with Crippen molar-refractivity contribution in [3.8, 4) is 0 Å². The number of rotatable bonds is 8. The van der Waals surface area contributed by atoms with Crippen LogP contribution in [-0.4, -0.2) is 56.3 Å². The first kappa shape index (κ1) is 22.5. The highest BCUT2D eigenvalue weighted by Gasteiger charge is 2.32. The van der Waals surface area contributed by atoms with Gasteiger partial charge in [0.15, 0.2) is 0 Å². The lowest BCUT2D eigenvalue weighted by atomic mass is 10.0. The molecule has 0 aliphatic rings. The first-order valence-electron chi connectivity index (χ1n) is 8.85. The summed E-state index contributed by atoms with van der Waals surface area (Å²) in [5.74, 6) is -1.40. The van der Waals surface area contributed by atoms with E-state index in [1.807, 2.05) is 0 Å². The van der Waals surface area contributed by atoms with Crippen molar-refractivity contribution in [2.45, 2.75) is 12.6 Å². The minimum Gasteiger partial charge on any atom is -0.357 e. The quantitative estimate of drug-likeness (QED) is 0.700. The van der Waals surface area contributed by atoms with E-state index in [1.165, 1.54) is 43.3 Å². The standard InChI is InChI=1S/C20H24FN3O4S/c1-22-20(26)19(16-7-5-4-6-8-16)24(13-15-9-11-17(21)12-10-15)18(25)14-23(2)29(3,27)28/h4-12,19H,13-14H2,1-3H3,(H,22,26). The number of benzene rings is 2. The van der Waals surface area contributed by atoms with E-state index in [9.17, 15) is 22.4 Å². The van der Waals surface area contributed by atoms with Gasteiger partial charge in [0.2, 0.25) is 21.8 Å². The molecule has 0 aliphatic heterocycles. The summed E-state index contributed by atoms with van der Waals surface area (Å²) in [5, 5.41) is 2.55. The van der Waals surface area contributed by atoms with Gasteiger partial charge in [-0.25, -0.2) is 12.8 Å². The molecule has 0 saturated heterocycles. The molecule has 0 radical (unpaired) electrons. The van der Waals surface area contributed by atoms with E-state index in [2.05, 4.69) is 5.32 Å². The van der Waals surface area contributed by atoms with Gasteiger partial charge in [-0.1, -0.05) is 42.5 Å². The normalized spacial score (nSPS) is 12.4. The third kappa shape index (κ3) is 6.10. The van der Waals surface area contributed by atoms with Crippen LogP contribution in [-0.2, 0) is 26.2 Å². The molecule has 7 nitrogen and oxygen atoms in total. The van der Waals surface area contributed by atoms with Crippen LogP contribution in [0, 0.1) is 5.82 Å². The van der Waals surface area contributed by atoms with Crippen LogP contribution in [0.15, 0.2) is 54.6 Å². The van der Waals surface area contributed by atoms with Gasteiger partial charge in [-0.2, -0.15) is 4.31 Å². The lowest BCUT2D eigenvalue weighted by Gasteiger charge is -2.32. The second-order valence-electron chi connectivity index (χ2n) is 6.59. The lowest BCUT2D eigenvalue weighted by Crippen LogP contribution is -2.46. The largest absolute Gasteiger partial charge is 0.357 e. The smallest absolute Gasteiger partial charge is 0.247 e. The van der Waals surface area contributed by atoms with Crippen LogP contribution in [0.5, 0.6) is 0 Å². The summed E-state index contributed by atoms with van der Waals surface area (Å²) in [6.45, 7) is -0.427. The first-order chi connectivity index (χ1) is 13.6. The van der Waals surface area contributed by atoms with Crippen molar-refractivity contribution in [1.29, 1.82) is 0 Å². The lowest BCUT2D eigenvalue weighted by molar-refractivity contribution is -0.141. The van der Waals surface area contributed by atoms with Crippen molar-refractivity contribution >= 4 is 21.8 Å². The maximum Gasteiger partial charge on any atom is 0.247 e. The van der Waals surface area contributed by atoms with Gasteiger partial charge in [-0.05, 0) is 23.3 Å². The number of carbonyl (C=O) groups excluding carboxylic acids is 2. The zero-order valence-corrected chi connectivity index (χ0v) is 17.3. The van der Waals surface area contributed by atoms with E-state index in [1.54, 1.807) is 30.3 Å². The Kier molecular flexibility index (Phi) is 7.46. The van der Waals surface area contributed by atoms with Gasteiger partial charge in [0.05, 0.1) is 12.8 Å². The van der Waals surface area contributed by atoms with Gasteiger partial charge in [-0.3, -0.25) is 9.59 Å². The molecule has 0 fully saturated rings. The molecule has 1 unspecified atom stereocenters. The molecule has 2 aromatic rings. The van der Waals surface area contributed by atoms with Gasteiger partial charge < -0.3 is 10.2 Å². The average Bonchev–Trinajstić information content (AvgIpc) is 2.68. The molecule has 2 rings (SSSR count). The molecular formula is C20H24FN3O4S. The fourth-order valence-corrected chi connectivity index (χ4v) is 3.10. The van der Waals surface area contributed by atoms with Crippen molar-refractivity contribution in [2.24, 2.45) is 0 Å². The van der Waals surface area contributed by atoms with Crippen LogP contribution in [0.3, 0.4) is 0 Å². The highest BCUT2D eigenvalue weighted by molar-refractivity contribution is 7.88. The highest BCUT2D eigenvalue weighted by atomic mass is 32.2. The number of nitrogens with zero attached hydrogens (tertiary/aromatic N) is 2. The number of halogens is 1. The molecule has 1 atom stereocenters. The van der Waals surface area contributed by atoms with Gasteiger partial charge >= 0.3 is 0 Å². The number of likely N-dealkylation sites (N-methyl/N-ethyl adjacent to an activating group) is 2. The predicted molar refractivity (Wildman–Crippen MR) is 108 cm³/mol. The van der Waals surface area contributed by atoms with Gasteiger partial charge in [0.1, 0.15) is 11.9 Å². The molecular weight excluding hydrogens is 397 g/mol. The zero-order chi connectivity index (χ0) is 21.6.